The summed E-state index contributed by atoms with van der Waals surface area (Å²) in [6.45, 7) is 0.688. The van der Waals surface area contributed by atoms with Gasteiger partial charge in [-0.25, -0.2) is 0 Å². The van der Waals surface area contributed by atoms with Crippen LogP contribution >= 0.6 is 12.2 Å². The van der Waals surface area contributed by atoms with Gasteiger partial charge in [0.2, 0.25) is 5.91 Å². The number of hydrogen-bond acceptors (Lipinski definition) is 6. The molecule has 2 aromatic rings. The van der Waals surface area contributed by atoms with E-state index in [1.807, 2.05) is 18.2 Å². The van der Waals surface area contributed by atoms with Gasteiger partial charge in [0.05, 0.1) is 16.7 Å². The van der Waals surface area contributed by atoms with Gasteiger partial charge in [-0.05, 0) is 48.8 Å². The van der Waals surface area contributed by atoms with Crippen LogP contribution in [0, 0.1) is 15.5 Å². The number of non-ortho nitro benzene ring substituents is 1. The molecule has 2 saturated heterocycles. The van der Waals surface area contributed by atoms with E-state index < -0.39 is 16.2 Å². The molecular formula is C23H22N4O4S. The van der Waals surface area contributed by atoms with Crippen LogP contribution in [0.3, 0.4) is 0 Å². The minimum atomic E-state index is -1.41. The van der Waals surface area contributed by atoms with Crippen molar-refractivity contribution in [2.45, 2.75) is 38.1 Å². The number of rotatable bonds is 2. The molecule has 1 N–H and O–H groups in total. The van der Waals surface area contributed by atoms with E-state index >= 15 is 0 Å². The summed E-state index contributed by atoms with van der Waals surface area (Å²) in [5.74, 6) is -0.791. The van der Waals surface area contributed by atoms with E-state index in [0.717, 1.165) is 24.9 Å². The highest BCUT2D eigenvalue weighted by atomic mass is 32.1. The number of fused-ring (bicyclic) bond motifs is 4. The second kappa shape index (κ2) is 7.67. The predicted molar refractivity (Wildman–Crippen MR) is 124 cm³/mol. The van der Waals surface area contributed by atoms with Gasteiger partial charge in [-0.1, -0.05) is 31.0 Å². The van der Waals surface area contributed by atoms with Crippen molar-refractivity contribution in [2.24, 2.45) is 5.41 Å². The molecule has 2 amide bonds. The number of thiocarbonyl (C=S) groups is 1. The van der Waals surface area contributed by atoms with Crippen molar-refractivity contribution in [3.05, 3.63) is 64.2 Å². The van der Waals surface area contributed by atoms with Gasteiger partial charge in [-0.3, -0.25) is 24.6 Å². The number of benzene rings is 2. The van der Waals surface area contributed by atoms with Crippen LogP contribution < -0.4 is 15.1 Å². The van der Waals surface area contributed by atoms with E-state index in [4.69, 9.17) is 12.2 Å². The normalized spacial score (nSPS) is 25.1. The molecule has 32 heavy (non-hydrogen) atoms. The van der Waals surface area contributed by atoms with E-state index in [-0.39, 0.29) is 29.2 Å². The summed E-state index contributed by atoms with van der Waals surface area (Å²) in [7, 11) is 0. The minimum absolute atomic E-state index is 0.0497. The Morgan fingerprint density at radius 1 is 1.09 bits per heavy atom. The van der Waals surface area contributed by atoms with E-state index in [2.05, 4.69) is 10.2 Å². The molecule has 3 aliphatic heterocycles. The van der Waals surface area contributed by atoms with Crippen molar-refractivity contribution < 1.29 is 14.5 Å². The number of nitrogens with one attached hydrogen (secondary N) is 1. The fraction of sp³-hybridized carbons (Fsp3) is 0.348. The quantitative estimate of drug-likeness (QED) is 0.326. The molecule has 2 fully saturated rings. The summed E-state index contributed by atoms with van der Waals surface area (Å²) in [6, 6.07) is 13.4. The lowest BCUT2D eigenvalue weighted by Gasteiger charge is -2.52. The fourth-order valence-corrected chi connectivity index (χ4v) is 5.63. The minimum Gasteiger partial charge on any atom is -0.367 e. The molecule has 8 nitrogen and oxygen atoms in total. The predicted octanol–water partition coefficient (Wildman–Crippen LogP) is 3.33. The highest BCUT2D eigenvalue weighted by molar-refractivity contribution is 7.80. The zero-order chi connectivity index (χ0) is 22.5. The highest BCUT2D eigenvalue weighted by Gasteiger charge is 2.61. The Balaban J connectivity index is 1.69. The fourth-order valence-electron chi connectivity index (χ4n) is 5.35. The molecule has 164 valence electrons. The number of para-hydroxylation sites is 1. The van der Waals surface area contributed by atoms with Crippen LogP contribution in [0.5, 0.6) is 0 Å². The SMILES string of the molecule is O=C1NC(=S)N(c2ccccc2)C(=O)[C@]12Cc1cc([N+](=O)[O-])ccc1N1CCCCC[C@@H]12. The van der Waals surface area contributed by atoms with Crippen molar-refractivity contribution in [1.82, 2.24) is 5.32 Å². The van der Waals surface area contributed by atoms with Crippen molar-refractivity contribution in [1.29, 1.82) is 0 Å². The maximum atomic E-state index is 14.1. The molecule has 2 aromatic carbocycles. The van der Waals surface area contributed by atoms with Crippen LogP contribution in [0.25, 0.3) is 0 Å². The van der Waals surface area contributed by atoms with Gasteiger partial charge in [0, 0.05) is 30.8 Å². The number of anilines is 2. The Bertz CT molecular complexity index is 1140. The maximum absolute atomic E-state index is 14.1. The number of amides is 2. The summed E-state index contributed by atoms with van der Waals surface area (Å²) in [5.41, 5.74) is 0.637. The van der Waals surface area contributed by atoms with Gasteiger partial charge >= 0.3 is 0 Å². The number of carbonyl (C=O) groups is 2. The lowest BCUT2D eigenvalue weighted by atomic mass is 9.67. The third-order valence-corrected chi connectivity index (χ3v) is 7.09. The topological polar surface area (TPSA) is 95.8 Å². The average Bonchev–Trinajstić information content (AvgIpc) is 3.04. The smallest absolute Gasteiger partial charge is 0.269 e. The zero-order valence-electron chi connectivity index (χ0n) is 17.3. The molecule has 0 saturated carbocycles. The molecular weight excluding hydrogens is 428 g/mol. The largest absolute Gasteiger partial charge is 0.367 e. The summed E-state index contributed by atoms with van der Waals surface area (Å²) < 4.78 is 0. The number of hydrogen-bond donors (Lipinski definition) is 1. The lowest BCUT2D eigenvalue weighted by Crippen LogP contribution is -2.72. The van der Waals surface area contributed by atoms with Gasteiger partial charge in [0.1, 0.15) is 0 Å². The Morgan fingerprint density at radius 3 is 2.62 bits per heavy atom. The van der Waals surface area contributed by atoms with E-state index in [0.29, 0.717) is 24.2 Å². The number of carbonyl (C=O) groups excluding carboxylic acids is 2. The van der Waals surface area contributed by atoms with Gasteiger partial charge < -0.3 is 10.2 Å². The highest BCUT2D eigenvalue weighted by Crippen LogP contribution is 2.48. The summed E-state index contributed by atoms with van der Waals surface area (Å²) in [4.78, 5) is 42.2. The third-order valence-electron chi connectivity index (χ3n) is 6.80. The van der Waals surface area contributed by atoms with Gasteiger partial charge in [0.25, 0.3) is 11.6 Å². The zero-order valence-corrected chi connectivity index (χ0v) is 18.1. The molecule has 0 aromatic heterocycles. The van der Waals surface area contributed by atoms with Crippen molar-refractivity contribution >= 4 is 46.2 Å². The van der Waals surface area contributed by atoms with Crippen LogP contribution in [-0.4, -0.2) is 34.4 Å². The molecule has 1 spiro atoms. The summed E-state index contributed by atoms with van der Waals surface area (Å²) >= 11 is 5.39. The first-order chi connectivity index (χ1) is 15.4. The Labute approximate surface area is 190 Å². The Hall–Kier alpha value is -3.33. The van der Waals surface area contributed by atoms with E-state index in [1.165, 1.54) is 17.0 Å². The van der Waals surface area contributed by atoms with Crippen LogP contribution in [0.4, 0.5) is 17.1 Å². The average molecular weight is 451 g/mol. The molecule has 3 aliphatic rings. The number of nitro benzene ring substituents is 1. The van der Waals surface area contributed by atoms with E-state index in [1.54, 1.807) is 18.2 Å². The molecule has 0 radical (unpaired) electrons. The van der Waals surface area contributed by atoms with Crippen molar-refractivity contribution in [3.63, 3.8) is 0 Å². The van der Waals surface area contributed by atoms with Crippen molar-refractivity contribution in [3.8, 4) is 0 Å². The first kappa shape index (κ1) is 20.6. The standard InChI is InChI=1S/C23H22N4O4S/c28-20-23(21(29)26(22(32)24-20)16-7-3-1-4-8-16)14-15-13-17(27(30)31)10-11-18(15)25-12-6-2-5-9-19(23)25/h1,3-4,7-8,10-11,13,19H,2,5-6,9,12,14H2,(H,24,28,32)/t19-,23+/m1/s1. The Kier molecular flexibility index (Phi) is 4.93. The lowest BCUT2D eigenvalue weighted by molar-refractivity contribution is -0.384. The maximum Gasteiger partial charge on any atom is 0.269 e. The van der Waals surface area contributed by atoms with Crippen LogP contribution in [0.15, 0.2) is 48.5 Å². The van der Waals surface area contributed by atoms with E-state index in [9.17, 15) is 19.7 Å². The Morgan fingerprint density at radius 2 is 1.88 bits per heavy atom. The number of nitro groups is 1. The second-order valence-electron chi connectivity index (χ2n) is 8.51. The van der Waals surface area contributed by atoms with Gasteiger partial charge in [-0.15, -0.1) is 0 Å². The van der Waals surface area contributed by atoms with Gasteiger partial charge in [-0.2, -0.15) is 0 Å². The first-order valence-corrected chi connectivity index (χ1v) is 11.1. The molecule has 3 heterocycles. The second-order valence-corrected chi connectivity index (χ2v) is 8.90. The summed E-state index contributed by atoms with van der Waals surface area (Å²) in [6.07, 6.45) is 3.62. The van der Waals surface area contributed by atoms with Crippen molar-refractivity contribution in [2.75, 3.05) is 16.3 Å². The molecule has 0 aliphatic carbocycles. The number of nitrogens with zero attached hydrogens (tertiary/aromatic N) is 3. The molecule has 0 unspecified atom stereocenters. The van der Waals surface area contributed by atoms with Crippen LogP contribution in [-0.2, 0) is 16.0 Å². The summed E-state index contributed by atoms with van der Waals surface area (Å²) in [5, 5.41) is 14.3. The molecule has 0 bridgehead atoms. The molecule has 5 rings (SSSR count). The first-order valence-electron chi connectivity index (χ1n) is 10.7. The van der Waals surface area contributed by atoms with Crippen LogP contribution in [0.2, 0.25) is 0 Å². The molecule has 9 heteroatoms. The van der Waals surface area contributed by atoms with Gasteiger partial charge in [0.15, 0.2) is 10.5 Å². The molecule has 2 atom stereocenters. The monoisotopic (exact) mass is 450 g/mol. The third kappa shape index (κ3) is 2.99. The van der Waals surface area contributed by atoms with Crippen LogP contribution in [0.1, 0.15) is 31.2 Å².